The van der Waals surface area contributed by atoms with Crippen LogP contribution < -0.4 is 10.5 Å². The number of rotatable bonds is 9. The van der Waals surface area contributed by atoms with Crippen LogP contribution in [0.25, 0.3) is 10.9 Å². The van der Waals surface area contributed by atoms with Gasteiger partial charge in [0.15, 0.2) is 11.0 Å². The van der Waals surface area contributed by atoms with Crippen molar-refractivity contribution in [3.05, 3.63) is 108 Å². The molecule has 0 spiro atoms. The van der Waals surface area contributed by atoms with Gasteiger partial charge >= 0.3 is 0 Å². The summed E-state index contributed by atoms with van der Waals surface area (Å²) in [7, 11) is 1.68. The number of thioether (sulfide) groups is 1. The van der Waals surface area contributed by atoms with Gasteiger partial charge in [-0.3, -0.25) is 0 Å². The summed E-state index contributed by atoms with van der Waals surface area (Å²) >= 11 is 1.66. The highest BCUT2D eigenvalue weighted by atomic mass is 32.2. The molecule has 0 aliphatic heterocycles. The minimum absolute atomic E-state index is 0.276. The third-order valence-corrected chi connectivity index (χ3v) is 6.92. The molecule has 0 fully saturated rings. The van der Waals surface area contributed by atoms with Gasteiger partial charge in [-0.25, -0.2) is 0 Å². The number of hydrogen-bond donors (Lipinski definition) is 2. The van der Waals surface area contributed by atoms with E-state index < -0.39 is 0 Å². The van der Waals surface area contributed by atoms with E-state index in [4.69, 9.17) is 10.5 Å². The third kappa shape index (κ3) is 4.85. The van der Waals surface area contributed by atoms with E-state index >= 15 is 0 Å². The molecule has 172 valence electrons. The number of hydrogen-bond acceptors (Lipinski definition) is 5. The molecule has 3 N–H and O–H groups in total. The molecule has 1 unspecified atom stereocenters. The van der Waals surface area contributed by atoms with Crippen molar-refractivity contribution in [3.63, 3.8) is 0 Å². The van der Waals surface area contributed by atoms with Gasteiger partial charge in [-0.2, -0.15) is 0 Å². The van der Waals surface area contributed by atoms with Crippen molar-refractivity contribution in [1.82, 2.24) is 19.7 Å². The molecule has 34 heavy (non-hydrogen) atoms. The topological polar surface area (TPSA) is 81.8 Å². The monoisotopic (exact) mass is 469 g/mol. The van der Waals surface area contributed by atoms with Crippen LogP contribution in [-0.4, -0.2) is 26.9 Å². The van der Waals surface area contributed by atoms with Crippen LogP contribution >= 0.6 is 11.8 Å². The van der Waals surface area contributed by atoms with Gasteiger partial charge in [-0.05, 0) is 41.3 Å². The molecule has 5 aromatic rings. The molecular weight excluding hydrogens is 442 g/mol. The molecule has 0 saturated heterocycles. The van der Waals surface area contributed by atoms with Gasteiger partial charge in [0.05, 0.1) is 19.7 Å². The van der Waals surface area contributed by atoms with Gasteiger partial charge in [0.2, 0.25) is 0 Å². The average molecular weight is 470 g/mol. The maximum Gasteiger partial charge on any atom is 0.191 e. The van der Waals surface area contributed by atoms with E-state index in [1.54, 1.807) is 18.9 Å². The van der Waals surface area contributed by atoms with E-state index in [1.165, 1.54) is 22.1 Å². The Kier molecular flexibility index (Phi) is 6.65. The van der Waals surface area contributed by atoms with Crippen molar-refractivity contribution in [3.8, 4) is 5.75 Å². The highest BCUT2D eigenvalue weighted by molar-refractivity contribution is 7.98. The van der Waals surface area contributed by atoms with Crippen LogP contribution in [0.5, 0.6) is 5.75 Å². The second kappa shape index (κ2) is 10.2. The Labute approximate surface area is 203 Å². The summed E-state index contributed by atoms with van der Waals surface area (Å²) in [6, 6.07) is 26.5. The zero-order valence-electron chi connectivity index (χ0n) is 19.0. The summed E-state index contributed by atoms with van der Waals surface area (Å²) in [6.45, 7) is 0.672. The highest BCUT2D eigenvalue weighted by Crippen LogP contribution is 2.28. The predicted molar refractivity (Wildman–Crippen MR) is 137 cm³/mol. The Morgan fingerprint density at radius 3 is 2.62 bits per heavy atom. The van der Waals surface area contributed by atoms with Crippen molar-refractivity contribution >= 4 is 22.7 Å². The lowest BCUT2D eigenvalue weighted by atomic mass is 10.0. The first kappa shape index (κ1) is 22.3. The number of fused-ring (bicyclic) bond motifs is 1. The summed E-state index contributed by atoms with van der Waals surface area (Å²) in [4.78, 5) is 3.34. The highest BCUT2D eigenvalue weighted by Gasteiger charge is 2.20. The normalized spacial score (nSPS) is 12.2. The molecule has 0 radical (unpaired) electrons. The van der Waals surface area contributed by atoms with E-state index in [0.29, 0.717) is 13.0 Å². The van der Waals surface area contributed by atoms with Crippen molar-refractivity contribution in [2.45, 2.75) is 29.9 Å². The van der Waals surface area contributed by atoms with Gasteiger partial charge in [-0.1, -0.05) is 72.4 Å². The van der Waals surface area contributed by atoms with E-state index in [1.807, 2.05) is 42.6 Å². The van der Waals surface area contributed by atoms with Crippen LogP contribution in [0.3, 0.4) is 0 Å². The Balaban J connectivity index is 1.42. The molecule has 3 aromatic carbocycles. The van der Waals surface area contributed by atoms with E-state index in [9.17, 15) is 0 Å². The molecule has 0 amide bonds. The molecule has 0 aliphatic rings. The van der Waals surface area contributed by atoms with Gasteiger partial charge in [0.25, 0.3) is 0 Å². The number of nitrogens with one attached hydrogen (secondary N) is 1. The Bertz CT molecular complexity index is 1380. The Hall–Kier alpha value is -3.55. The zero-order valence-corrected chi connectivity index (χ0v) is 19.8. The largest absolute Gasteiger partial charge is 0.497 e. The molecule has 0 saturated carbocycles. The van der Waals surface area contributed by atoms with E-state index in [-0.39, 0.29) is 6.04 Å². The first-order chi connectivity index (χ1) is 16.7. The second-order valence-electron chi connectivity index (χ2n) is 8.22. The fraction of sp³-hybridized carbons (Fsp3) is 0.185. The molecule has 5 rings (SSSR count). The van der Waals surface area contributed by atoms with E-state index in [0.717, 1.165) is 28.0 Å². The minimum Gasteiger partial charge on any atom is -0.497 e. The summed E-state index contributed by atoms with van der Waals surface area (Å²) in [5.41, 5.74) is 11.4. The van der Waals surface area contributed by atoms with Crippen LogP contribution in [0.15, 0.2) is 90.2 Å². The number of benzene rings is 3. The molecule has 1 atom stereocenters. The lowest BCUT2D eigenvalue weighted by Gasteiger charge is -2.15. The number of methoxy groups -OCH3 is 1. The van der Waals surface area contributed by atoms with Gasteiger partial charge in [0, 0.05) is 22.9 Å². The number of aromatic amines is 1. The van der Waals surface area contributed by atoms with Crippen LogP contribution in [0.4, 0.5) is 0 Å². The Morgan fingerprint density at radius 2 is 1.76 bits per heavy atom. The van der Waals surface area contributed by atoms with Crippen LogP contribution in [0, 0.1) is 0 Å². The summed E-state index contributed by atoms with van der Waals surface area (Å²) < 4.78 is 7.52. The number of para-hydroxylation sites is 1. The summed E-state index contributed by atoms with van der Waals surface area (Å²) in [5.74, 6) is 2.41. The number of aromatic nitrogens is 4. The maximum absolute atomic E-state index is 6.73. The van der Waals surface area contributed by atoms with Crippen molar-refractivity contribution in [2.75, 3.05) is 7.11 Å². The van der Waals surface area contributed by atoms with Gasteiger partial charge in [0.1, 0.15) is 5.75 Å². The second-order valence-corrected chi connectivity index (χ2v) is 9.17. The van der Waals surface area contributed by atoms with E-state index in [2.05, 4.69) is 62.2 Å². The lowest BCUT2D eigenvalue weighted by Crippen LogP contribution is -2.20. The fourth-order valence-electron chi connectivity index (χ4n) is 4.13. The molecule has 2 heterocycles. The molecule has 6 nitrogen and oxygen atoms in total. The number of nitrogens with zero attached hydrogens (tertiary/aromatic N) is 3. The van der Waals surface area contributed by atoms with Crippen molar-refractivity contribution in [1.29, 1.82) is 0 Å². The smallest absolute Gasteiger partial charge is 0.191 e. The quantitative estimate of drug-likeness (QED) is 0.284. The van der Waals surface area contributed by atoms with Crippen LogP contribution in [0.1, 0.15) is 28.6 Å². The third-order valence-electron chi connectivity index (χ3n) is 5.88. The van der Waals surface area contributed by atoms with Gasteiger partial charge < -0.3 is 20.0 Å². The Morgan fingerprint density at radius 1 is 0.971 bits per heavy atom. The standard InChI is InChI=1S/C27H27N5OS/c1-33-22-11-7-10-20(14-22)18-34-27-31-30-26(32(27)17-19-8-3-2-4-9-19)24(28)15-21-16-29-25-13-6-5-12-23(21)25/h2-14,16,24,29H,15,17-18,28H2,1H3. The molecule has 0 aliphatic carbocycles. The number of ether oxygens (including phenoxy) is 1. The van der Waals surface area contributed by atoms with Crippen LogP contribution in [0.2, 0.25) is 0 Å². The lowest BCUT2D eigenvalue weighted by molar-refractivity contribution is 0.414. The minimum atomic E-state index is -0.276. The molecule has 2 aromatic heterocycles. The number of H-pyrrole nitrogens is 1. The van der Waals surface area contributed by atoms with Crippen molar-refractivity contribution in [2.24, 2.45) is 5.73 Å². The fourth-order valence-corrected chi connectivity index (χ4v) is 5.02. The summed E-state index contributed by atoms with van der Waals surface area (Å²) in [6.07, 6.45) is 2.72. The zero-order chi connectivity index (χ0) is 23.3. The maximum atomic E-state index is 6.73. The summed E-state index contributed by atoms with van der Waals surface area (Å²) in [5, 5.41) is 11.1. The number of nitrogens with two attached hydrogens (primary N) is 1. The van der Waals surface area contributed by atoms with Gasteiger partial charge in [-0.15, -0.1) is 10.2 Å². The van der Waals surface area contributed by atoms with Crippen LogP contribution in [-0.2, 0) is 18.7 Å². The molecule has 0 bridgehead atoms. The first-order valence-electron chi connectivity index (χ1n) is 11.2. The molecule has 7 heteroatoms. The first-order valence-corrected chi connectivity index (χ1v) is 12.2. The predicted octanol–water partition coefficient (Wildman–Crippen LogP) is 5.35. The van der Waals surface area contributed by atoms with Crippen molar-refractivity contribution < 1.29 is 4.74 Å². The molecular formula is C27H27N5OS. The SMILES string of the molecule is COc1cccc(CSc2nnc(C(N)Cc3c[nH]c4ccccc34)n2Cc2ccccc2)c1. The average Bonchev–Trinajstić information content (AvgIpc) is 3.47.